The number of halogens is 1. The van der Waals surface area contributed by atoms with Gasteiger partial charge in [-0.25, -0.2) is 9.18 Å². The third kappa shape index (κ3) is 4.39. The normalized spacial score (nSPS) is 15.5. The van der Waals surface area contributed by atoms with Crippen molar-refractivity contribution >= 4 is 11.0 Å². The number of hydrogen-bond acceptors (Lipinski definition) is 4. The van der Waals surface area contributed by atoms with E-state index in [1.807, 2.05) is 34.9 Å². The highest BCUT2D eigenvalue weighted by molar-refractivity contribution is 5.75. The molecule has 2 aromatic heterocycles. The van der Waals surface area contributed by atoms with E-state index in [0.29, 0.717) is 0 Å². The number of likely N-dealkylation sites (tertiary alicyclic amines) is 1. The maximum Gasteiger partial charge on any atom is 0.326 e. The summed E-state index contributed by atoms with van der Waals surface area (Å²) in [7, 11) is 0. The van der Waals surface area contributed by atoms with E-state index in [4.69, 9.17) is 4.52 Å². The number of aromatic amines is 1. The van der Waals surface area contributed by atoms with Crippen LogP contribution in [0.1, 0.15) is 37.5 Å². The molecule has 1 fully saturated rings. The Balaban J connectivity index is 1.08. The van der Waals surface area contributed by atoms with Crippen LogP contribution in [-0.4, -0.2) is 39.2 Å². The second-order valence-electron chi connectivity index (χ2n) is 8.53. The second kappa shape index (κ2) is 9.12. The highest BCUT2D eigenvalue weighted by Gasteiger charge is 2.23. The Morgan fingerprint density at radius 1 is 1.06 bits per heavy atom. The Kier molecular flexibility index (Phi) is 5.90. The number of nitrogens with zero attached hydrogens (tertiary/aromatic N) is 3. The Morgan fingerprint density at radius 3 is 2.66 bits per heavy atom. The Bertz CT molecular complexity index is 1230. The lowest BCUT2D eigenvalue weighted by Gasteiger charge is -2.32. The monoisotopic (exact) mass is 434 g/mol. The van der Waals surface area contributed by atoms with Crippen LogP contribution in [0.25, 0.3) is 22.3 Å². The number of unbranched alkanes of at least 4 members (excludes halogenated alkanes) is 1. The zero-order valence-corrected chi connectivity index (χ0v) is 18.0. The molecule has 0 aliphatic carbocycles. The van der Waals surface area contributed by atoms with E-state index < -0.39 is 0 Å². The Morgan fingerprint density at radius 2 is 1.84 bits per heavy atom. The largest absolute Gasteiger partial charge is 0.361 e. The molecule has 3 heterocycles. The molecular formula is C25H27FN4O2. The van der Waals surface area contributed by atoms with Gasteiger partial charge in [0.15, 0.2) is 0 Å². The smallest absolute Gasteiger partial charge is 0.326 e. The fourth-order valence-electron chi connectivity index (χ4n) is 4.66. The van der Waals surface area contributed by atoms with Gasteiger partial charge in [-0.1, -0.05) is 17.3 Å². The SMILES string of the molecule is O=c1[nH]c2ccccc2n1C1CCN(CCCCc2cc(-c3ccc(F)cc3)no2)CC1. The summed E-state index contributed by atoms with van der Waals surface area (Å²) in [4.78, 5) is 17.9. The van der Waals surface area contributed by atoms with Gasteiger partial charge in [0.2, 0.25) is 0 Å². The summed E-state index contributed by atoms with van der Waals surface area (Å²) in [5, 5.41) is 4.11. The summed E-state index contributed by atoms with van der Waals surface area (Å²) in [6.45, 7) is 3.07. The van der Waals surface area contributed by atoms with Crippen molar-refractivity contribution in [1.82, 2.24) is 19.6 Å². The molecule has 0 spiro atoms. The van der Waals surface area contributed by atoms with Crippen molar-refractivity contribution in [2.45, 2.75) is 38.1 Å². The molecule has 1 saturated heterocycles. The first-order valence-corrected chi connectivity index (χ1v) is 11.3. The number of para-hydroxylation sites is 2. The molecule has 0 radical (unpaired) electrons. The van der Waals surface area contributed by atoms with E-state index in [1.165, 1.54) is 12.1 Å². The molecule has 0 bridgehead atoms. The number of imidazole rings is 1. The molecular weight excluding hydrogens is 407 g/mol. The van der Waals surface area contributed by atoms with Gasteiger partial charge in [0.25, 0.3) is 0 Å². The molecule has 0 atom stereocenters. The van der Waals surface area contributed by atoms with Crippen molar-refractivity contribution in [3.63, 3.8) is 0 Å². The van der Waals surface area contributed by atoms with Crippen LogP contribution in [0.2, 0.25) is 0 Å². The molecule has 0 amide bonds. The molecule has 1 aliphatic heterocycles. The van der Waals surface area contributed by atoms with E-state index >= 15 is 0 Å². The Hall–Kier alpha value is -3.19. The van der Waals surface area contributed by atoms with E-state index in [9.17, 15) is 9.18 Å². The average molecular weight is 435 g/mol. The number of nitrogens with one attached hydrogen (secondary N) is 1. The molecule has 32 heavy (non-hydrogen) atoms. The van der Waals surface area contributed by atoms with Gasteiger partial charge in [-0.2, -0.15) is 0 Å². The maximum absolute atomic E-state index is 13.1. The standard InChI is InChI=1S/C25H27FN4O2/c26-19-10-8-18(9-11-19)23-17-21(32-28-23)5-3-4-14-29-15-12-20(13-16-29)30-24-7-2-1-6-22(24)27-25(30)31/h1-2,6-11,17,20H,3-5,12-16H2,(H,27,31). The lowest BCUT2D eigenvalue weighted by Crippen LogP contribution is -2.37. The van der Waals surface area contributed by atoms with E-state index in [2.05, 4.69) is 15.0 Å². The molecule has 0 saturated carbocycles. The van der Waals surface area contributed by atoms with Gasteiger partial charge < -0.3 is 14.4 Å². The summed E-state index contributed by atoms with van der Waals surface area (Å²) in [6.07, 6.45) is 4.94. The molecule has 2 aromatic carbocycles. The van der Waals surface area contributed by atoms with Crippen molar-refractivity contribution in [1.29, 1.82) is 0 Å². The number of benzene rings is 2. The molecule has 166 valence electrons. The van der Waals surface area contributed by atoms with Crippen LogP contribution in [0.5, 0.6) is 0 Å². The van der Waals surface area contributed by atoms with E-state index in [-0.39, 0.29) is 17.5 Å². The zero-order valence-electron chi connectivity index (χ0n) is 18.0. The van der Waals surface area contributed by atoms with Gasteiger partial charge in [-0.05, 0) is 68.6 Å². The quantitative estimate of drug-likeness (QED) is 0.425. The summed E-state index contributed by atoms with van der Waals surface area (Å²) in [5.74, 6) is 0.608. The van der Waals surface area contributed by atoms with Gasteiger partial charge in [-0.3, -0.25) is 4.57 Å². The van der Waals surface area contributed by atoms with Crippen molar-refractivity contribution in [2.24, 2.45) is 0 Å². The van der Waals surface area contributed by atoms with Crippen LogP contribution < -0.4 is 5.69 Å². The molecule has 7 heteroatoms. The fraction of sp³-hybridized carbons (Fsp3) is 0.360. The van der Waals surface area contributed by atoms with E-state index in [0.717, 1.165) is 79.8 Å². The summed E-state index contributed by atoms with van der Waals surface area (Å²) in [5.41, 5.74) is 3.52. The van der Waals surface area contributed by atoms with Crippen LogP contribution in [0, 0.1) is 5.82 Å². The minimum atomic E-state index is -0.255. The Labute approximate surface area is 185 Å². The molecule has 4 aromatic rings. The summed E-state index contributed by atoms with van der Waals surface area (Å²) < 4.78 is 20.5. The molecule has 1 N–H and O–H groups in total. The van der Waals surface area contributed by atoms with Gasteiger partial charge in [0.05, 0.1) is 11.0 Å². The van der Waals surface area contributed by atoms with Gasteiger partial charge in [-0.15, -0.1) is 0 Å². The number of rotatable bonds is 7. The lowest BCUT2D eigenvalue weighted by molar-refractivity contribution is 0.183. The van der Waals surface area contributed by atoms with Crippen LogP contribution in [0.15, 0.2) is 63.9 Å². The minimum Gasteiger partial charge on any atom is -0.361 e. The van der Waals surface area contributed by atoms with Crippen molar-refractivity contribution in [2.75, 3.05) is 19.6 Å². The average Bonchev–Trinajstić information content (AvgIpc) is 3.41. The molecule has 6 nitrogen and oxygen atoms in total. The number of fused-ring (bicyclic) bond motifs is 1. The van der Waals surface area contributed by atoms with Crippen LogP contribution in [0.4, 0.5) is 4.39 Å². The number of piperidine rings is 1. The second-order valence-corrected chi connectivity index (χ2v) is 8.53. The zero-order chi connectivity index (χ0) is 21.9. The number of aromatic nitrogens is 3. The number of H-pyrrole nitrogens is 1. The van der Waals surface area contributed by atoms with Crippen molar-refractivity contribution in [3.05, 3.63) is 76.7 Å². The van der Waals surface area contributed by atoms with Crippen LogP contribution in [-0.2, 0) is 6.42 Å². The number of aryl methyl sites for hydroxylation is 1. The predicted octanol–water partition coefficient (Wildman–Crippen LogP) is 4.78. The minimum absolute atomic E-state index is 0.00304. The first-order chi connectivity index (χ1) is 15.7. The highest BCUT2D eigenvalue weighted by atomic mass is 19.1. The maximum atomic E-state index is 13.1. The third-order valence-electron chi connectivity index (χ3n) is 6.39. The molecule has 0 unspecified atom stereocenters. The molecule has 5 rings (SSSR count). The predicted molar refractivity (Wildman–Crippen MR) is 122 cm³/mol. The fourth-order valence-corrected chi connectivity index (χ4v) is 4.66. The third-order valence-corrected chi connectivity index (χ3v) is 6.39. The van der Waals surface area contributed by atoms with Gasteiger partial charge in [0, 0.05) is 37.2 Å². The number of hydrogen-bond donors (Lipinski definition) is 1. The van der Waals surface area contributed by atoms with Crippen molar-refractivity contribution < 1.29 is 8.91 Å². The van der Waals surface area contributed by atoms with Crippen LogP contribution >= 0.6 is 0 Å². The van der Waals surface area contributed by atoms with Gasteiger partial charge in [0.1, 0.15) is 17.3 Å². The lowest BCUT2D eigenvalue weighted by atomic mass is 10.0. The summed E-state index contributed by atoms with van der Waals surface area (Å²) >= 11 is 0. The highest BCUT2D eigenvalue weighted by Crippen LogP contribution is 2.25. The van der Waals surface area contributed by atoms with Crippen LogP contribution in [0.3, 0.4) is 0 Å². The molecule has 1 aliphatic rings. The first-order valence-electron chi connectivity index (χ1n) is 11.3. The van der Waals surface area contributed by atoms with Crippen molar-refractivity contribution in [3.8, 4) is 11.3 Å². The first kappa shape index (κ1) is 20.7. The topological polar surface area (TPSA) is 67.1 Å². The van der Waals surface area contributed by atoms with Gasteiger partial charge >= 0.3 is 5.69 Å². The van der Waals surface area contributed by atoms with E-state index in [1.54, 1.807) is 12.1 Å². The summed E-state index contributed by atoms with van der Waals surface area (Å²) in [6, 6.07) is 16.4.